The Morgan fingerprint density at radius 1 is 0.971 bits per heavy atom. The highest BCUT2D eigenvalue weighted by atomic mass is 19.4. The van der Waals surface area contributed by atoms with Crippen LogP contribution in [-0.4, -0.2) is 27.9 Å². The number of alkyl halides is 3. The lowest BCUT2D eigenvalue weighted by atomic mass is 9.95. The van der Waals surface area contributed by atoms with Crippen LogP contribution in [0.2, 0.25) is 0 Å². The topological polar surface area (TPSA) is 52.0 Å². The van der Waals surface area contributed by atoms with E-state index in [1.165, 1.54) is 31.4 Å². The van der Waals surface area contributed by atoms with Crippen molar-refractivity contribution in [2.24, 2.45) is 0 Å². The van der Waals surface area contributed by atoms with Crippen LogP contribution in [0.5, 0.6) is 5.75 Å². The molecule has 0 saturated heterocycles. The molecule has 1 aliphatic rings. The molecule has 1 saturated carbocycles. The summed E-state index contributed by atoms with van der Waals surface area (Å²) in [4.78, 5) is 4.63. The zero-order chi connectivity index (χ0) is 24.4. The van der Waals surface area contributed by atoms with Crippen LogP contribution in [0.15, 0.2) is 60.8 Å². The molecule has 0 spiro atoms. The Morgan fingerprint density at radius 3 is 2.34 bits per heavy atom. The number of anilines is 1. The second-order valence-electron chi connectivity index (χ2n) is 8.96. The maximum Gasteiger partial charge on any atom is 0.416 e. The predicted octanol–water partition coefficient (Wildman–Crippen LogP) is 6.92. The van der Waals surface area contributed by atoms with E-state index in [1.807, 2.05) is 35.0 Å². The Morgan fingerprint density at radius 2 is 1.69 bits per heavy atom. The van der Waals surface area contributed by atoms with Gasteiger partial charge in [-0.2, -0.15) is 18.3 Å². The van der Waals surface area contributed by atoms with Crippen molar-refractivity contribution in [3.8, 4) is 17.0 Å². The maximum absolute atomic E-state index is 13.2. The van der Waals surface area contributed by atoms with E-state index >= 15 is 0 Å². The average molecular weight is 481 g/mol. The lowest BCUT2D eigenvalue weighted by molar-refractivity contribution is -0.137. The predicted molar refractivity (Wildman–Crippen MR) is 131 cm³/mol. The fourth-order valence-corrected chi connectivity index (χ4v) is 4.72. The van der Waals surface area contributed by atoms with Crippen molar-refractivity contribution in [2.75, 3.05) is 12.4 Å². The number of fused-ring (bicyclic) bond motifs is 1. The van der Waals surface area contributed by atoms with Gasteiger partial charge < -0.3 is 10.1 Å². The molecule has 2 aromatic heterocycles. The molecule has 2 aromatic carbocycles. The number of benzene rings is 2. The number of ether oxygens (including phenoxy) is 1. The lowest BCUT2D eigenvalue weighted by Crippen LogP contribution is -2.22. The third-order valence-electron chi connectivity index (χ3n) is 6.59. The smallest absolute Gasteiger partial charge is 0.416 e. The fourth-order valence-electron chi connectivity index (χ4n) is 4.72. The Bertz CT molecular complexity index is 1290. The van der Waals surface area contributed by atoms with Crippen molar-refractivity contribution in [2.45, 2.75) is 50.9 Å². The van der Waals surface area contributed by atoms with Gasteiger partial charge in [0.05, 0.1) is 30.1 Å². The van der Waals surface area contributed by atoms with Gasteiger partial charge in [0.15, 0.2) is 0 Å². The van der Waals surface area contributed by atoms with Crippen LogP contribution in [0.1, 0.15) is 43.2 Å². The summed E-state index contributed by atoms with van der Waals surface area (Å²) >= 11 is 0. The molecule has 2 heterocycles. The minimum absolute atomic E-state index is 0.326. The number of pyridine rings is 1. The minimum atomic E-state index is -4.39. The highest BCUT2D eigenvalue weighted by molar-refractivity contribution is 6.01. The Kier molecular flexibility index (Phi) is 6.36. The van der Waals surface area contributed by atoms with Crippen molar-refractivity contribution in [1.82, 2.24) is 14.8 Å². The summed E-state index contributed by atoms with van der Waals surface area (Å²) in [5.74, 6) is 1.50. The molecule has 0 unspecified atom stereocenters. The molecule has 0 radical (unpaired) electrons. The van der Waals surface area contributed by atoms with E-state index in [-0.39, 0.29) is 0 Å². The molecule has 0 amide bonds. The first-order chi connectivity index (χ1) is 16.9. The number of nitrogens with zero attached hydrogens (tertiary/aromatic N) is 3. The van der Waals surface area contributed by atoms with Gasteiger partial charge in [-0.3, -0.25) is 4.68 Å². The van der Waals surface area contributed by atoms with Gasteiger partial charge in [-0.05, 0) is 48.7 Å². The third kappa shape index (κ3) is 4.97. The molecule has 1 fully saturated rings. The van der Waals surface area contributed by atoms with Crippen molar-refractivity contribution in [3.05, 3.63) is 71.9 Å². The first-order valence-electron chi connectivity index (χ1n) is 11.8. The second kappa shape index (κ2) is 9.60. The molecule has 182 valence electrons. The Hall–Kier alpha value is -3.55. The number of halogens is 3. The van der Waals surface area contributed by atoms with Crippen LogP contribution in [0.25, 0.3) is 22.2 Å². The van der Waals surface area contributed by atoms with Gasteiger partial charge in [0.25, 0.3) is 0 Å². The third-order valence-corrected chi connectivity index (χ3v) is 6.59. The second-order valence-corrected chi connectivity index (χ2v) is 8.96. The van der Waals surface area contributed by atoms with Crippen molar-refractivity contribution >= 4 is 16.7 Å². The zero-order valence-corrected chi connectivity index (χ0v) is 19.5. The van der Waals surface area contributed by atoms with Gasteiger partial charge in [0.2, 0.25) is 0 Å². The van der Waals surface area contributed by atoms with Gasteiger partial charge >= 0.3 is 6.18 Å². The van der Waals surface area contributed by atoms with Gasteiger partial charge in [-0.1, -0.05) is 43.5 Å². The molecule has 8 heteroatoms. The van der Waals surface area contributed by atoms with Crippen molar-refractivity contribution < 1.29 is 17.9 Å². The van der Waals surface area contributed by atoms with Gasteiger partial charge in [0.1, 0.15) is 17.3 Å². The molecule has 35 heavy (non-hydrogen) atoms. The summed E-state index contributed by atoms with van der Waals surface area (Å²) in [5, 5.41) is 9.29. The fraction of sp³-hybridized carbons (Fsp3) is 0.333. The molecule has 5 rings (SSSR count). The lowest BCUT2D eigenvalue weighted by Gasteiger charge is -2.23. The SMILES string of the molecule is COc1ccc(Cn2nc(-c3ccc(C(F)(F)F)cc3)c3c(NC4CCCCC4)nccc32)cc1. The molecule has 5 nitrogen and oxygen atoms in total. The molecule has 4 aromatic rings. The van der Waals surface area contributed by atoms with Crippen molar-refractivity contribution in [1.29, 1.82) is 0 Å². The monoisotopic (exact) mass is 480 g/mol. The van der Waals surface area contributed by atoms with Gasteiger partial charge in [-0.25, -0.2) is 4.98 Å². The molecule has 0 bridgehead atoms. The van der Waals surface area contributed by atoms with E-state index < -0.39 is 11.7 Å². The van der Waals surface area contributed by atoms with E-state index in [9.17, 15) is 13.2 Å². The minimum Gasteiger partial charge on any atom is -0.497 e. The van der Waals surface area contributed by atoms with E-state index in [0.29, 0.717) is 23.8 Å². The Balaban J connectivity index is 1.58. The highest BCUT2D eigenvalue weighted by Gasteiger charge is 2.30. The number of hydrogen-bond donors (Lipinski definition) is 1. The number of aromatic nitrogens is 3. The number of rotatable bonds is 6. The van der Waals surface area contributed by atoms with Crippen LogP contribution in [0, 0.1) is 0 Å². The van der Waals surface area contributed by atoms with Crippen LogP contribution in [0.3, 0.4) is 0 Å². The molecule has 0 atom stereocenters. The number of nitrogens with one attached hydrogen (secondary N) is 1. The first-order valence-corrected chi connectivity index (χ1v) is 11.8. The molecule has 0 aliphatic heterocycles. The largest absolute Gasteiger partial charge is 0.497 e. The zero-order valence-electron chi connectivity index (χ0n) is 19.5. The van der Waals surface area contributed by atoms with Crippen LogP contribution >= 0.6 is 0 Å². The van der Waals surface area contributed by atoms with Crippen LogP contribution < -0.4 is 10.1 Å². The van der Waals surface area contributed by atoms with E-state index in [0.717, 1.165) is 53.0 Å². The maximum atomic E-state index is 13.2. The van der Waals surface area contributed by atoms with Gasteiger partial charge in [-0.15, -0.1) is 0 Å². The number of hydrogen-bond acceptors (Lipinski definition) is 4. The highest BCUT2D eigenvalue weighted by Crippen LogP contribution is 2.36. The molecular weight excluding hydrogens is 453 g/mol. The van der Waals surface area contributed by atoms with Crippen LogP contribution in [0.4, 0.5) is 19.0 Å². The van der Waals surface area contributed by atoms with Gasteiger partial charge in [0, 0.05) is 17.8 Å². The summed E-state index contributed by atoms with van der Waals surface area (Å²) in [7, 11) is 1.63. The Labute approximate surface area is 201 Å². The molecular formula is C27H27F3N4O. The van der Waals surface area contributed by atoms with E-state index in [4.69, 9.17) is 9.84 Å². The summed E-state index contributed by atoms with van der Waals surface area (Å²) < 4.78 is 46.6. The average Bonchev–Trinajstić information content (AvgIpc) is 3.24. The van der Waals surface area contributed by atoms with E-state index in [1.54, 1.807) is 13.3 Å². The van der Waals surface area contributed by atoms with Crippen molar-refractivity contribution in [3.63, 3.8) is 0 Å². The summed E-state index contributed by atoms with van der Waals surface area (Å²) in [5.41, 5.74) is 2.48. The van der Waals surface area contributed by atoms with Crippen LogP contribution in [-0.2, 0) is 12.7 Å². The first kappa shape index (κ1) is 23.2. The van der Waals surface area contributed by atoms with E-state index in [2.05, 4.69) is 10.3 Å². The summed E-state index contributed by atoms with van der Waals surface area (Å²) in [6.07, 6.45) is 3.12. The quantitative estimate of drug-likeness (QED) is 0.326. The normalized spacial score (nSPS) is 14.9. The summed E-state index contributed by atoms with van der Waals surface area (Å²) in [6, 6.07) is 15.2. The molecule has 1 N–H and O–H groups in total. The summed E-state index contributed by atoms with van der Waals surface area (Å²) in [6.45, 7) is 0.508. The number of methoxy groups -OCH3 is 1. The molecule has 1 aliphatic carbocycles. The standard InChI is InChI=1S/C27H27F3N4O/c1-35-22-13-7-18(8-14-22)17-34-23-15-16-31-26(32-21-5-3-2-4-6-21)24(23)25(33-34)19-9-11-20(12-10-19)27(28,29)30/h7-16,21H,2-6,17H2,1H3,(H,31,32).